The summed E-state index contributed by atoms with van der Waals surface area (Å²) in [6.45, 7) is 1.94. The van der Waals surface area contributed by atoms with Gasteiger partial charge in [0.2, 0.25) is 0 Å². The Morgan fingerprint density at radius 1 is 1.17 bits per heavy atom. The van der Waals surface area contributed by atoms with Crippen molar-refractivity contribution in [2.24, 2.45) is 0 Å². The van der Waals surface area contributed by atoms with E-state index in [1.807, 2.05) is 19.1 Å². The zero-order valence-electron chi connectivity index (χ0n) is 6.90. The molecule has 1 aromatic carbocycles. The summed E-state index contributed by atoms with van der Waals surface area (Å²) in [6, 6.07) is 7.01. The summed E-state index contributed by atoms with van der Waals surface area (Å²) in [5, 5.41) is 16.8. The highest BCUT2D eigenvalue weighted by Gasteiger charge is 2.09. The van der Waals surface area contributed by atoms with E-state index in [2.05, 4.69) is 4.65 Å². The lowest BCUT2D eigenvalue weighted by atomic mass is 10.2. The SMILES string of the molecule is Cc1ccc(OB(O)O)cc1.N. The maximum Gasteiger partial charge on any atom is 0.707 e. The normalized spacial score (nSPS) is 8.58. The molecule has 0 spiro atoms. The lowest BCUT2D eigenvalue weighted by Crippen LogP contribution is -2.20. The van der Waals surface area contributed by atoms with E-state index in [9.17, 15) is 0 Å². The van der Waals surface area contributed by atoms with Gasteiger partial charge in [-0.25, -0.2) is 0 Å². The van der Waals surface area contributed by atoms with Crippen molar-refractivity contribution in [2.75, 3.05) is 0 Å². The summed E-state index contributed by atoms with van der Waals surface area (Å²) >= 11 is 0. The summed E-state index contributed by atoms with van der Waals surface area (Å²) in [7, 11) is -1.74. The van der Waals surface area contributed by atoms with Crippen molar-refractivity contribution >= 4 is 7.32 Å². The van der Waals surface area contributed by atoms with E-state index in [0.717, 1.165) is 5.56 Å². The van der Waals surface area contributed by atoms with E-state index >= 15 is 0 Å². The Hall–Kier alpha value is -1.04. The fraction of sp³-hybridized carbons (Fsp3) is 0.143. The van der Waals surface area contributed by atoms with Gasteiger partial charge in [0.1, 0.15) is 5.75 Å². The topological polar surface area (TPSA) is 84.7 Å². The predicted octanol–water partition coefficient (Wildman–Crippen LogP) is 0.505. The number of hydrogen-bond donors (Lipinski definition) is 3. The Morgan fingerprint density at radius 3 is 2.08 bits per heavy atom. The summed E-state index contributed by atoms with van der Waals surface area (Å²) in [6.07, 6.45) is 0. The first-order valence-corrected chi connectivity index (χ1v) is 3.28. The van der Waals surface area contributed by atoms with Crippen molar-refractivity contribution in [3.63, 3.8) is 0 Å². The molecule has 0 amide bonds. The molecule has 0 saturated carbocycles. The van der Waals surface area contributed by atoms with Crippen molar-refractivity contribution in [2.45, 2.75) is 6.92 Å². The molecule has 0 saturated heterocycles. The van der Waals surface area contributed by atoms with Crippen molar-refractivity contribution in [1.29, 1.82) is 0 Å². The van der Waals surface area contributed by atoms with Crippen LogP contribution < -0.4 is 10.8 Å². The largest absolute Gasteiger partial charge is 0.707 e. The van der Waals surface area contributed by atoms with E-state index in [1.54, 1.807) is 12.1 Å². The lowest BCUT2D eigenvalue weighted by Gasteiger charge is -2.03. The molecule has 5 heteroatoms. The highest BCUT2D eigenvalue weighted by atomic mass is 16.6. The van der Waals surface area contributed by atoms with Crippen LogP contribution in [0.4, 0.5) is 0 Å². The zero-order valence-corrected chi connectivity index (χ0v) is 6.90. The fourth-order valence-electron chi connectivity index (χ4n) is 0.739. The van der Waals surface area contributed by atoms with Crippen LogP contribution in [0.25, 0.3) is 0 Å². The Labute approximate surface area is 71.6 Å². The smallest absolute Gasteiger partial charge is 0.512 e. The van der Waals surface area contributed by atoms with E-state index in [4.69, 9.17) is 10.0 Å². The monoisotopic (exact) mass is 169 g/mol. The van der Waals surface area contributed by atoms with Gasteiger partial charge in [-0.15, -0.1) is 0 Å². The molecule has 1 rings (SSSR count). The molecule has 0 radical (unpaired) electrons. The zero-order chi connectivity index (χ0) is 8.27. The fourth-order valence-corrected chi connectivity index (χ4v) is 0.739. The molecule has 0 aliphatic carbocycles. The van der Waals surface area contributed by atoms with Crippen LogP contribution in [-0.2, 0) is 0 Å². The van der Waals surface area contributed by atoms with Crippen molar-refractivity contribution in [3.8, 4) is 5.75 Å². The lowest BCUT2D eigenvalue weighted by molar-refractivity contribution is 0.288. The minimum Gasteiger partial charge on any atom is -0.512 e. The van der Waals surface area contributed by atoms with Crippen LogP contribution in [0.5, 0.6) is 5.75 Å². The van der Waals surface area contributed by atoms with E-state index in [0.29, 0.717) is 5.75 Å². The molecule has 0 aliphatic heterocycles. The molecule has 5 N–H and O–H groups in total. The van der Waals surface area contributed by atoms with E-state index in [-0.39, 0.29) is 6.15 Å². The first-order valence-electron chi connectivity index (χ1n) is 3.28. The van der Waals surface area contributed by atoms with Crippen LogP contribution in [-0.4, -0.2) is 17.4 Å². The molecular formula is C7H12BNO3. The van der Waals surface area contributed by atoms with Crippen LogP contribution in [0, 0.1) is 6.92 Å². The molecule has 66 valence electrons. The van der Waals surface area contributed by atoms with Gasteiger partial charge in [-0.05, 0) is 19.1 Å². The molecule has 0 bridgehead atoms. The average molecular weight is 169 g/mol. The third kappa shape index (κ3) is 3.38. The van der Waals surface area contributed by atoms with Crippen LogP contribution in [0.2, 0.25) is 0 Å². The first-order chi connectivity index (χ1) is 5.18. The second-order valence-electron chi connectivity index (χ2n) is 2.26. The van der Waals surface area contributed by atoms with Crippen molar-refractivity contribution in [1.82, 2.24) is 6.15 Å². The first kappa shape index (κ1) is 11.0. The van der Waals surface area contributed by atoms with E-state index in [1.165, 1.54) is 0 Å². The predicted molar refractivity (Wildman–Crippen MR) is 47.0 cm³/mol. The van der Waals surface area contributed by atoms with E-state index < -0.39 is 7.32 Å². The molecule has 0 fully saturated rings. The highest BCUT2D eigenvalue weighted by Crippen LogP contribution is 2.10. The second-order valence-corrected chi connectivity index (χ2v) is 2.26. The third-order valence-electron chi connectivity index (χ3n) is 1.26. The van der Waals surface area contributed by atoms with Gasteiger partial charge in [0.15, 0.2) is 0 Å². The standard InChI is InChI=1S/C7H9BO3.H3N/c1-6-2-4-7(5-3-6)11-8(9)10;/h2-5,9-10H,1H3;1H3. The van der Waals surface area contributed by atoms with Crippen LogP contribution in [0.15, 0.2) is 24.3 Å². The maximum absolute atomic E-state index is 8.41. The molecule has 0 aliphatic rings. The van der Waals surface area contributed by atoms with Gasteiger partial charge in [0.25, 0.3) is 0 Å². The highest BCUT2D eigenvalue weighted by molar-refractivity contribution is 6.33. The Morgan fingerprint density at radius 2 is 1.67 bits per heavy atom. The molecule has 1 aromatic rings. The van der Waals surface area contributed by atoms with Gasteiger partial charge < -0.3 is 20.9 Å². The number of aryl methyl sites for hydroxylation is 1. The number of benzene rings is 1. The van der Waals surface area contributed by atoms with Gasteiger partial charge in [-0.3, -0.25) is 0 Å². The minimum absolute atomic E-state index is 0. The van der Waals surface area contributed by atoms with Crippen molar-refractivity contribution < 1.29 is 14.7 Å². The van der Waals surface area contributed by atoms with Crippen LogP contribution in [0.3, 0.4) is 0 Å². The van der Waals surface area contributed by atoms with Crippen LogP contribution in [0.1, 0.15) is 5.56 Å². The molecule has 0 heterocycles. The van der Waals surface area contributed by atoms with Gasteiger partial charge in [0, 0.05) is 0 Å². The Balaban J connectivity index is 0.00000121. The van der Waals surface area contributed by atoms with Crippen LogP contribution >= 0.6 is 0 Å². The Bertz CT molecular complexity index is 225. The third-order valence-corrected chi connectivity index (χ3v) is 1.26. The van der Waals surface area contributed by atoms with Gasteiger partial charge >= 0.3 is 7.32 Å². The minimum atomic E-state index is -1.74. The maximum atomic E-state index is 8.41. The average Bonchev–Trinajstić information content (AvgIpc) is 1.93. The molecule has 4 nitrogen and oxygen atoms in total. The summed E-state index contributed by atoms with van der Waals surface area (Å²) < 4.78 is 4.58. The molecule has 12 heavy (non-hydrogen) atoms. The molecule has 0 atom stereocenters. The summed E-state index contributed by atoms with van der Waals surface area (Å²) in [5.41, 5.74) is 1.10. The van der Waals surface area contributed by atoms with Gasteiger partial charge in [-0.2, -0.15) is 0 Å². The Kier molecular flexibility index (Phi) is 4.35. The van der Waals surface area contributed by atoms with Crippen molar-refractivity contribution in [3.05, 3.63) is 29.8 Å². The quantitative estimate of drug-likeness (QED) is 0.563. The second kappa shape index (κ2) is 4.76. The summed E-state index contributed by atoms with van der Waals surface area (Å²) in [5.74, 6) is 0.450. The molecular weight excluding hydrogens is 157 g/mol. The molecule has 0 unspecified atom stereocenters. The summed E-state index contributed by atoms with van der Waals surface area (Å²) in [4.78, 5) is 0. The number of hydrogen-bond acceptors (Lipinski definition) is 4. The van der Waals surface area contributed by atoms with Gasteiger partial charge in [0.05, 0.1) is 0 Å². The molecule has 0 aromatic heterocycles. The number of rotatable bonds is 2. The van der Waals surface area contributed by atoms with Gasteiger partial charge in [-0.1, -0.05) is 17.7 Å².